The maximum Gasteiger partial charge on any atom is 0.328 e. The Morgan fingerprint density at radius 2 is 1.73 bits per heavy atom. The third-order valence-corrected chi connectivity index (χ3v) is 8.05. The first-order valence-corrected chi connectivity index (χ1v) is 15.2. The summed E-state index contributed by atoms with van der Waals surface area (Å²) in [5.74, 6) is 0.0795. The van der Waals surface area contributed by atoms with Crippen molar-refractivity contribution in [2.75, 3.05) is 18.2 Å². The molecule has 2 amide bonds. The monoisotopic (exact) mass is 614 g/mol. The van der Waals surface area contributed by atoms with Gasteiger partial charge < -0.3 is 30.0 Å². The number of esters is 1. The number of urea groups is 1. The number of hydrogen-bond donors (Lipinski definition) is 3. The molecule has 2 heterocycles. The number of carbonyl (C=O) groups excluding carboxylic acids is 2. The molecule has 11 heteroatoms. The lowest BCUT2D eigenvalue weighted by atomic mass is 10.0. The van der Waals surface area contributed by atoms with E-state index in [1.165, 1.54) is 18.9 Å². The molecule has 44 heavy (non-hydrogen) atoms. The van der Waals surface area contributed by atoms with E-state index in [0.717, 1.165) is 22.3 Å². The van der Waals surface area contributed by atoms with E-state index in [-0.39, 0.29) is 18.8 Å². The van der Waals surface area contributed by atoms with Crippen molar-refractivity contribution in [3.8, 4) is 0 Å². The first-order valence-electron chi connectivity index (χ1n) is 14.2. The number of hydrogen-bond acceptors (Lipinski definition) is 9. The lowest BCUT2D eigenvalue weighted by molar-refractivity contribution is -0.245. The number of aliphatic hydroxyl groups is 1. The van der Waals surface area contributed by atoms with Crippen LogP contribution in [0.3, 0.4) is 0 Å². The van der Waals surface area contributed by atoms with Gasteiger partial charge in [0.05, 0.1) is 25.9 Å². The Balaban J connectivity index is 1.29. The molecule has 0 bridgehead atoms. The number of anilines is 1. The van der Waals surface area contributed by atoms with Crippen LogP contribution in [0, 0.1) is 0 Å². The fraction of sp³-hybridized carbons (Fsp3) is 0.273. The second kappa shape index (κ2) is 15.4. The number of rotatable bonds is 11. The Bertz CT molecular complexity index is 1510. The van der Waals surface area contributed by atoms with E-state index in [1.807, 2.05) is 60.7 Å². The zero-order valence-electron chi connectivity index (χ0n) is 24.2. The molecule has 0 radical (unpaired) electrons. The van der Waals surface area contributed by atoms with Crippen LogP contribution < -0.4 is 10.6 Å². The molecule has 1 saturated heterocycles. The van der Waals surface area contributed by atoms with Crippen LogP contribution in [-0.2, 0) is 32.0 Å². The van der Waals surface area contributed by atoms with Crippen LogP contribution in [-0.4, -0.2) is 52.1 Å². The number of nitrogens with one attached hydrogen (secondary N) is 2. The summed E-state index contributed by atoms with van der Waals surface area (Å²) < 4.78 is 17.8. The van der Waals surface area contributed by atoms with Crippen molar-refractivity contribution in [3.63, 3.8) is 0 Å². The zero-order chi connectivity index (χ0) is 30.7. The van der Waals surface area contributed by atoms with Crippen LogP contribution in [0.2, 0.25) is 0 Å². The van der Waals surface area contributed by atoms with E-state index >= 15 is 0 Å². The molecule has 10 nitrogen and oxygen atoms in total. The lowest BCUT2D eigenvalue weighted by Crippen LogP contribution is -2.45. The van der Waals surface area contributed by atoms with E-state index in [0.29, 0.717) is 29.4 Å². The maximum absolute atomic E-state index is 13.0. The molecule has 4 aromatic rings. The number of aliphatic hydroxyl groups excluding tert-OH is 1. The topological polar surface area (TPSA) is 132 Å². The predicted molar refractivity (Wildman–Crippen MR) is 166 cm³/mol. The van der Waals surface area contributed by atoms with Crippen molar-refractivity contribution in [2.45, 2.75) is 49.1 Å². The Hall–Kier alpha value is -4.29. The van der Waals surface area contributed by atoms with Gasteiger partial charge in [-0.05, 0) is 34.9 Å². The van der Waals surface area contributed by atoms with Gasteiger partial charge in [0, 0.05) is 42.2 Å². The Labute approximate surface area is 260 Å². The first-order chi connectivity index (χ1) is 21.5. The van der Waals surface area contributed by atoms with Crippen LogP contribution in [0.5, 0.6) is 0 Å². The quantitative estimate of drug-likeness (QED) is 0.118. The van der Waals surface area contributed by atoms with Crippen molar-refractivity contribution in [3.05, 3.63) is 120 Å². The smallest absolute Gasteiger partial charge is 0.328 e. The Morgan fingerprint density at radius 3 is 2.45 bits per heavy atom. The van der Waals surface area contributed by atoms with Crippen LogP contribution >= 0.6 is 11.8 Å². The van der Waals surface area contributed by atoms with Gasteiger partial charge in [-0.1, -0.05) is 78.5 Å². The third kappa shape index (κ3) is 8.64. The molecule has 4 atom stereocenters. The van der Waals surface area contributed by atoms with Crippen LogP contribution in [0.25, 0.3) is 0 Å². The molecule has 1 aliphatic rings. The summed E-state index contributed by atoms with van der Waals surface area (Å²) in [6.07, 6.45) is 3.17. The average molecular weight is 615 g/mol. The largest absolute Gasteiger partial charge is 0.467 e. The van der Waals surface area contributed by atoms with E-state index in [4.69, 9.17) is 14.2 Å². The summed E-state index contributed by atoms with van der Waals surface area (Å²) in [6, 6.07) is 24.7. The molecule has 0 spiro atoms. The van der Waals surface area contributed by atoms with Crippen molar-refractivity contribution in [1.29, 1.82) is 0 Å². The molecule has 5 rings (SSSR count). The fourth-order valence-electron chi connectivity index (χ4n) is 4.82. The molecule has 0 unspecified atom stereocenters. The van der Waals surface area contributed by atoms with Crippen molar-refractivity contribution in [1.82, 2.24) is 15.3 Å². The standard InChI is InChI=1S/C33H34N4O6S/c1-41-30(39)28(17-22-7-3-2-4-8-22)37-32(40)36-26-10-5-9-25(18-26)31-42-27(21-44-33-34-15-6-16-35-33)19-29(43-31)24-13-11-23(20-38)12-14-24/h2-16,18,27-29,31,38H,17,19-21H2,1H3,(H2,36,37,40)/t27-,28+,29+,31+/m1/s1. The van der Waals surface area contributed by atoms with Crippen LogP contribution in [0.1, 0.15) is 41.1 Å². The number of ether oxygens (including phenoxy) is 3. The summed E-state index contributed by atoms with van der Waals surface area (Å²) >= 11 is 1.51. The predicted octanol–water partition coefficient (Wildman–Crippen LogP) is 5.21. The second-order valence-electron chi connectivity index (χ2n) is 10.2. The summed E-state index contributed by atoms with van der Waals surface area (Å²) in [5, 5.41) is 15.7. The summed E-state index contributed by atoms with van der Waals surface area (Å²) in [7, 11) is 1.29. The molecule has 0 saturated carbocycles. The summed E-state index contributed by atoms with van der Waals surface area (Å²) in [6.45, 7) is -0.0338. The van der Waals surface area contributed by atoms with Crippen LogP contribution in [0.4, 0.5) is 10.5 Å². The van der Waals surface area contributed by atoms with Crippen molar-refractivity contribution < 1.29 is 28.9 Å². The summed E-state index contributed by atoms with van der Waals surface area (Å²) in [4.78, 5) is 34.0. The highest BCUT2D eigenvalue weighted by molar-refractivity contribution is 7.99. The summed E-state index contributed by atoms with van der Waals surface area (Å²) in [5.41, 5.74) is 3.92. The van der Waals surface area contributed by atoms with Crippen molar-refractivity contribution >= 4 is 29.4 Å². The minimum Gasteiger partial charge on any atom is -0.467 e. The van der Waals surface area contributed by atoms with Gasteiger partial charge in [-0.2, -0.15) is 0 Å². The molecule has 228 valence electrons. The zero-order valence-corrected chi connectivity index (χ0v) is 25.0. The number of methoxy groups -OCH3 is 1. The highest BCUT2D eigenvalue weighted by Gasteiger charge is 2.32. The first kappa shape index (κ1) is 31.1. The Kier molecular flexibility index (Phi) is 10.9. The lowest BCUT2D eigenvalue weighted by Gasteiger charge is -2.36. The molecule has 3 aromatic carbocycles. The SMILES string of the molecule is COC(=O)[C@H](Cc1ccccc1)NC(=O)Nc1cccc([C@H]2O[C@@H](CSc3ncccn3)C[C@@H](c3ccc(CO)cc3)O2)c1. The normalized spacial score (nSPS) is 18.6. The molecule has 3 N–H and O–H groups in total. The highest BCUT2D eigenvalue weighted by atomic mass is 32.2. The number of amides is 2. The van der Waals surface area contributed by atoms with E-state index in [9.17, 15) is 14.7 Å². The molecular weight excluding hydrogens is 580 g/mol. The Morgan fingerprint density at radius 1 is 0.955 bits per heavy atom. The number of benzene rings is 3. The van der Waals surface area contributed by atoms with Gasteiger partial charge in [-0.25, -0.2) is 19.6 Å². The van der Waals surface area contributed by atoms with Gasteiger partial charge in [0.25, 0.3) is 0 Å². The number of carbonyl (C=O) groups is 2. The maximum atomic E-state index is 13.0. The fourth-order valence-corrected chi connectivity index (χ4v) is 5.64. The molecule has 0 aliphatic carbocycles. The molecule has 1 aromatic heterocycles. The number of aromatic nitrogens is 2. The van der Waals surface area contributed by atoms with Gasteiger partial charge in [-0.3, -0.25) is 0 Å². The second-order valence-corrected chi connectivity index (χ2v) is 11.2. The van der Waals surface area contributed by atoms with Crippen molar-refractivity contribution in [2.24, 2.45) is 0 Å². The molecule has 1 fully saturated rings. The van der Waals surface area contributed by atoms with Gasteiger partial charge >= 0.3 is 12.0 Å². The van der Waals surface area contributed by atoms with E-state index < -0.39 is 24.3 Å². The van der Waals surface area contributed by atoms with Gasteiger partial charge in [-0.15, -0.1) is 0 Å². The van der Waals surface area contributed by atoms with E-state index in [1.54, 1.807) is 36.7 Å². The third-order valence-electron chi connectivity index (χ3n) is 7.05. The number of thioether (sulfide) groups is 1. The molecule has 1 aliphatic heterocycles. The van der Waals surface area contributed by atoms with Crippen LogP contribution in [0.15, 0.2) is 102 Å². The minimum atomic E-state index is -0.861. The average Bonchev–Trinajstić information content (AvgIpc) is 3.07. The van der Waals surface area contributed by atoms with E-state index in [2.05, 4.69) is 20.6 Å². The number of nitrogens with zero attached hydrogens (tertiary/aromatic N) is 2. The highest BCUT2D eigenvalue weighted by Crippen LogP contribution is 2.39. The van der Waals surface area contributed by atoms with Gasteiger partial charge in [0.2, 0.25) is 0 Å². The van der Waals surface area contributed by atoms with Gasteiger partial charge in [0.1, 0.15) is 6.04 Å². The molecular formula is C33H34N4O6S. The van der Waals surface area contributed by atoms with Gasteiger partial charge in [0.15, 0.2) is 11.4 Å². The minimum absolute atomic E-state index is 0.0338.